The van der Waals surface area contributed by atoms with Crippen LogP contribution in [0.2, 0.25) is 0 Å². The summed E-state index contributed by atoms with van der Waals surface area (Å²) in [7, 11) is 4.11. The Hall–Kier alpha value is -1.04. The maximum Gasteiger partial charge on any atom is 0.254 e. The van der Waals surface area contributed by atoms with Gasteiger partial charge in [0.2, 0.25) is 0 Å². The fourth-order valence-corrected chi connectivity index (χ4v) is 2.81. The molecule has 0 aromatic heterocycles. The lowest BCUT2D eigenvalue weighted by molar-refractivity contribution is -0.0269. The summed E-state index contributed by atoms with van der Waals surface area (Å²) in [6.45, 7) is 2.99. The summed E-state index contributed by atoms with van der Waals surface area (Å²) in [5.74, 6) is 0.112. The van der Waals surface area contributed by atoms with Gasteiger partial charge >= 0.3 is 0 Å². The first-order valence-electron chi connectivity index (χ1n) is 7.30. The molecule has 0 spiro atoms. The van der Waals surface area contributed by atoms with Crippen LogP contribution >= 0.6 is 11.8 Å². The Morgan fingerprint density at radius 3 is 2.71 bits per heavy atom. The van der Waals surface area contributed by atoms with Crippen LogP contribution in [0, 0.1) is 0 Å². The van der Waals surface area contributed by atoms with E-state index in [9.17, 15) is 4.79 Å². The SMILES string of the molecule is CSc1ccc(C(=O)N2CCO[C@@H](CCN(C)C)C2)cc1. The average Bonchev–Trinajstić information content (AvgIpc) is 2.52. The number of ether oxygens (including phenoxy) is 1. The molecule has 0 aliphatic carbocycles. The van der Waals surface area contributed by atoms with Crippen molar-refractivity contribution in [2.45, 2.75) is 17.4 Å². The monoisotopic (exact) mass is 308 g/mol. The molecule has 0 saturated carbocycles. The summed E-state index contributed by atoms with van der Waals surface area (Å²) in [5.41, 5.74) is 0.765. The molecule has 1 heterocycles. The second kappa shape index (κ2) is 7.82. The Kier molecular flexibility index (Phi) is 6.08. The van der Waals surface area contributed by atoms with Crippen LogP contribution in [-0.4, -0.2) is 68.4 Å². The van der Waals surface area contributed by atoms with Crippen molar-refractivity contribution in [3.63, 3.8) is 0 Å². The fourth-order valence-electron chi connectivity index (χ4n) is 2.40. The minimum absolute atomic E-state index is 0.112. The van der Waals surface area contributed by atoms with Crippen molar-refractivity contribution in [3.05, 3.63) is 29.8 Å². The Balaban J connectivity index is 1.94. The van der Waals surface area contributed by atoms with Crippen LogP contribution in [0.4, 0.5) is 0 Å². The molecular weight excluding hydrogens is 284 g/mol. The minimum Gasteiger partial charge on any atom is -0.374 e. The number of morpholine rings is 1. The van der Waals surface area contributed by atoms with E-state index in [0.29, 0.717) is 19.7 Å². The molecule has 5 heteroatoms. The van der Waals surface area contributed by atoms with Gasteiger partial charge in [-0.3, -0.25) is 4.79 Å². The van der Waals surface area contributed by atoms with Crippen molar-refractivity contribution in [1.29, 1.82) is 0 Å². The quantitative estimate of drug-likeness (QED) is 0.781. The highest BCUT2D eigenvalue weighted by atomic mass is 32.2. The number of amides is 1. The minimum atomic E-state index is 0.112. The molecule has 0 unspecified atom stereocenters. The van der Waals surface area contributed by atoms with Crippen molar-refractivity contribution in [2.75, 3.05) is 46.6 Å². The van der Waals surface area contributed by atoms with E-state index in [-0.39, 0.29) is 12.0 Å². The molecule has 1 amide bonds. The maximum absolute atomic E-state index is 12.5. The van der Waals surface area contributed by atoms with E-state index in [2.05, 4.69) is 19.0 Å². The number of benzene rings is 1. The van der Waals surface area contributed by atoms with Crippen molar-refractivity contribution in [3.8, 4) is 0 Å². The number of rotatable bonds is 5. The highest BCUT2D eigenvalue weighted by Gasteiger charge is 2.24. The smallest absolute Gasteiger partial charge is 0.254 e. The lowest BCUT2D eigenvalue weighted by Gasteiger charge is -2.33. The van der Waals surface area contributed by atoms with Crippen molar-refractivity contribution in [2.24, 2.45) is 0 Å². The molecule has 1 atom stereocenters. The van der Waals surface area contributed by atoms with Gasteiger partial charge < -0.3 is 14.5 Å². The lowest BCUT2D eigenvalue weighted by atomic mass is 10.1. The third-order valence-corrected chi connectivity index (χ3v) is 4.40. The molecule has 116 valence electrons. The molecule has 1 aromatic rings. The summed E-state index contributed by atoms with van der Waals surface area (Å²) in [6.07, 6.45) is 3.15. The summed E-state index contributed by atoms with van der Waals surface area (Å²) < 4.78 is 5.76. The molecule has 1 aromatic carbocycles. The number of hydrogen-bond donors (Lipinski definition) is 0. The first-order chi connectivity index (χ1) is 10.1. The molecule has 0 radical (unpaired) electrons. The zero-order valence-corrected chi connectivity index (χ0v) is 13.9. The molecule has 0 bridgehead atoms. The Morgan fingerprint density at radius 2 is 2.10 bits per heavy atom. The lowest BCUT2D eigenvalue weighted by Crippen LogP contribution is -2.46. The van der Waals surface area contributed by atoms with E-state index >= 15 is 0 Å². The molecule has 1 aliphatic heterocycles. The molecule has 0 N–H and O–H groups in total. The first-order valence-corrected chi connectivity index (χ1v) is 8.52. The van der Waals surface area contributed by atoms with Crippen LogP contribution in [0.15, 0.2) is 29.2 Å². The Labute approximate surface area is 131 Å². The highest BCUT2D eigenvalue weighted by Crippen LogP contribution is 2.17. The summed E-state index contributed by atoms with van der Waals surface area (Å²) >= 11 is 1.68. The van der Waals surface area contributed by atoms with Gasteiger partial charge in [0, 0.05) is 30.1 Å². The topological polar surface area (TPSA) is 32.8 Å². The highest BCUT2D eigenvalue weighted by molar-refractivity contribution is 7.98. The number of carbonyl (C=O) groups excluding carboxylic acids is 1. The Bertz CT molecular complexity index is 462. The second-order valence-corrected chi connectivity index (χ2v) is 6.44. The van der Waals surface area contributed by atoms with Gasteiger partial charge in [0.25, 0.3) is 5.91 Å². The van der Waals surface area contributed by atoms with Gasteiger partial charge in [0.15, 0.2) is 0 Å². The molecule has 2 rings (SSSR count). The average molecular weight is 308 g/mol. The van der Waals surface area contributed by atoms with E-state index in [4.69, 9.17) is 4.74 Å². The molecule has 21 heavy (non-hydrogen) atoms. The van der Waals surface area contributed by atoms with Crippen LogP contribution in [0.1, 0.15) is 16.8 Å². The molecule has 4 nitrogen and oxygen atoms in total. The van der Waals surface area contributed by atoms with Gasteiger partial charge in [-0.1, -0.05) is 0 Å². The first kappa shape index (κ1) is 16.3. The van der Waals surface area contributed by atoms with Gasteiger partial charge in [-0.25, -0.2) is 0 Å². The maximum atomic E-state index is 12.5. The van der Waals surface area contributed by atoms with Crippen molar-refractivity contribution in [1.82, 2.24) is 9.80 Å². The number of nitrogens with zero attached hydrogens (tertiary/aromatic N) is 2. The zero-order chi connectivity index (χ0) is 15.2. The third-order valence-electron chi connectivity index (χ3n) is 3.66. The second-order valence-electron chi connectivity index (χ2n) is 5.56. The molecule has 1 saturated heterocycles. The largest absolute Gasteiger partial charge is 0.374 e. The van der Waals surface area contributed by atoms with Crippen LogP contribution in [0.25, 0.3) is 0 Å². The van der Waals surface area contributed by atoms with Crippen LogP contribution in [0.3, 0.4) is 0 Å². The predicted octanol–water partition coefficient (Wildman–Crippen LogP) is 2.20. The normalized spacial score (nSPS) is 19.0. The van der Waals surface area contributed by atoms with Gasteiger partial charge in [-0.2, -0.15) is 0 Å². The molecular formula is C16H24N2O2S. The number of thioether (sulfide) groups is 1. The summed E-state index contributed by atoms with van der Waals surface area (Å²) in [5, 5.41) is 0. The third kappa shape index (κ3) is 4.73. The van der Waals surface area contributed by atoms with Gasteiger partial charge in [0.05, 0.1) is 12.7 Å². The van der Waals surface area contributed by atoms with Crippen molar-refractivity contribution >= 4 is 17.7 Å². The number of carbonyl (C=O) groups is 1. The number of hydrogen-bond acceptors (Lipinski definition) is 4. The van der Waals surface area contributed by atoms with E-state index in [1.807, 2.05) is 35.4 Å². The van der Waals surface area contributed by atoms with E-state index in [0.717, 1.165) is 18.5 Å². The predicted molar refractivity (Wildman–Crippen MR) is 87.0 cm³/mol. The summed E-state index contributed by atoms with van der Waals surface area (Å²) in [6, 6.07) is 7.83. The van der Waals surface area contributed by atoms with E-state index < -0.39 is 0 Å². The Morgan fingerprint density at radius 1 is 1.38 bits per heavy atom. The summed E-state index contributed by atoms with van der Waals surface area (Å²) in [4.78, 5) is 17.8. The molecule has 1 fully saturated rings. The van der Waals surface area contributed by atoms with Crippen molar-refractivity contribution < 1.29 is 9.53 Å². The van der Waals surface area contributed by atoms with Gasteiger partial charge in [-0.15, -0.1) is 11.8 Å². The van der Waals surface area contributed by atoms with Crippen LogP contribution in [-0.2, 0) is 4.74 Å². The van der Waals surface area contributed by atoms with E-state index in [1.165, 1.54) is 4.90 Å². The van der Waals surface area contributed by atoms with Gasteiger partial charge in [0.1, 0.15) is 0 Å². The van der Waals surface area contributed by atoms with Gasteiger partial charge in [-0.05, 0) is 51.0 Å². The molecule has 1 aliphatic rings. The van der Waals surface area contributed by atoms with E-state index in [1.54, 1.807) is 11.8 Å². The fraction of sp³-hybridized carbons (Fsp3) is 0.562. The zero-order valence-electron chi connectivity index (χ0n) is 13.0. The van der Waals surface area contributed by atoms with Crippen LogP contribution < -0.4 is 0 Å². The van der Waals surface area contributed by atoms with Crippen LogP contribution in [0.5, 0.6) is 0 Å². The standard InChI is InChI=1S/C16H24N2O2S/c1-17(2)9-8-14-12-18(10-11-20-14)16(19)13-4-6-15(21-3)7-5-13/h4-7,14H,8-12H2,1-3H3/t14-/m0/s1.